The molecule has 0 radical (unpaired) electrons. The van der Waals surface area contributed by atoms with Crippen LogP contribution in [0.5, 0.6) is 0 Å². The molecular weight excluding hydrogens is 1710 g/mol. The smallest absolute Gasteiger partial charge is 0.143 e. The van der Waals surface area contributed by atoms with Crippen molar-refractivity contribution in [2.24, 2.45) is 0 Å². The molecule has 0 bridgehead atoms. The van der Waals surface area contributed by atoms with Gasteiger partial charge in [0.1, 0.15) is 11.2 Å². The Morgan fingerprint density at radius 2 is 0.571 bits per heavy atom. The minimum atomic E-state index is 0.000314. The molecule has 0 aliphatic heterocycles. The van der Waals surface area contributed by atoms with Crippen LogP contribution in [0, 0.1) is 34.6 Å². The van der Waals surface area contributed by atoms with Crippen LogP contribution >= 0.6 is 11.3 Å². The first kappa shape index (κ1) is 88.7. The van der Waals surface area contributed by atoms with Crippen molar-refractivity contribution in [3.05, 3.63) is 535 Å². The average Bonchev–Trinajstić information content (AvgIpc) is 1.56. The first-order chi connectivity index (χ1) is 68.5. The Morgan fingerprint density at radius 1 is 0.214 bits per heavy atom. The second-order valence-electron chi connectivity index (χ2n) is 38.3. The fourth-order valence-electron chi connectivity index (χ4n) is 21.5. The van der Waals surface area contributed by atoms with Crippen LogP contribution in [0.3, 0.4) is 0 Å². The van der Waals surface area contributed by atoms with Crippen LogP contribution < -0.4 is 0 Å². The predicted octanol–water partition coefficient (Wildman–Crippen LogP) is 38.6. The zero-order valence-corrected chi connectivity index (χ0v) is 81.3. The van der Waals surface area contributed by atoms with Gasteiger partial charge >= 0.3 is 0 Å². The third-order valence-corrected chi connectivity index (χ3v) is 30.0. The van der Waals surface area contributed by atoms with Gasteiger partial charge in [0, 0.05) is 63.8 Å². The number of rotatable bonds is 11. The molecular formula is C137H107NOS. The number of fused-ring (bicyclic) bond motifs is 15. The maximum absolute atomic E-state index is 6.21. The van der Waals surface area contributed by atoms with E-state index in [1.807, 2.05) is 23.5 Å². The zero-order chi connectivity index (χ0) is 95.1. The van der Waals surface area contributed by atoms with Gasteiger partial charge in [0.25, 0.3) is 0 Å². The van der Waals surface area contributed by atoms with Gasteiger partial charge in [-0.25, -0.2) is 0 Å². The summed E-state index contributed by atoms with van der Waals surface area (Å²) in [5.74, 6) is 0. The van der Waals surface area contributed by atoms with Gasteiger partial charge in [-0.2, -0.15) is 0 Å². The minimum absolute atomic E-state index is 0.000314. The van der Waals surface area contributed by atoms with Crippen molar-refractivity contribution in [2.75, 3.05) is 0 Å². The molecule has 0 saturated heterocycles. The number of benzene rings is 21. The van der Waals surface area contributed by atoms with E-state index in [1.165, 1.54) is 236 Å². The average molecular weight is 1820 g/mol. The number of para-hydroxylation sites is 3. The standard InChI is InChI=1S/C31H23N.2C28H24.C25H18O.C25H18S/c1-22-12-14-24(15-13-22)26-17-19-31-29(21-26)28-20-25(23-8-4-2-5-9-23)16-18-30(28)32(31)27-10-6-3-7-11-27;1-19-16-17-21(18-25(19)20-10-5-4-6-11-20)22-13-9-14-24-23-12-7-8-15-26(23)28(2,3)27(22)24;1-19-16-17-21(18-24(19)20-10-5-4-6-11-20)22-13-9-15-26-27(22)23-12-7-8-14-25(23)28(26,2)3;2*1-17-14-15-19(16-23(17)18-8-3-2-4-9-18)20-11-7-12-22-21-10-5-6-13-24(21)26-25(20)22/h2-21H,1H3;2*4-18H,1-3H3;2*2-16H,1H3. The maximum Gasteiger partial charge on any atom is 0.143 e. The SMILES string of the molecule is Cc1ccc(-c2ccc3c(c2)c2cc(-c4ccccc4)ccc2n3-c2ccccc2)cc1.Cc1ccc(-c2cccc3c2-c2ccccc2C3(C)C)cc1-c1ccccc1.Cc1ccc(-c2cccc3c2C(C)(C)c2ccccc2-3)cc1-c1ccccc1.Cc1ccc(-c2cccc3c2oc2ccccc23)cc1-c1ccccc1.Cc1ccc(-c2cccc3c2sc2ccccc23)cc1-c1ccccc1. The topological polar surface area (TPSA) is 18.1 Å². The van der Waals surface area contributed by atoms with E-state index in [0.29, 0.717) is 0 Å². The summed E-state index contributed by atoms with van der Waals surface area (Å²) in [5, 5.41) is 7.59. The Hall–Kier alpha value is -16.6. The molecule has 672 valence electrons. The quantitative estimate of drug-likeness (QED) is 0.126. The molecule has 0 saturated carbocycles. The van der Waals surface area contributed by atoms with Gasteiger partial charge in [-0.3, -0.25) is 0 Å². The first-order valence-corrected chi connectivity index (χ1v) is 49.6. The van der Waals surface area contributed by atoms with Crippen LogP contribution in [0.25, 0.3) is 203 Å². The predicted molar refractivity (Wildman–Crippen MR) is 600 cm³/mol. The van der Waals surface area contributed by atoms with E-state index in [9.17, 15) is 0 Å². The molecule has 3 heterocycles. The van der Waals surface area contributed by atoms with Crippen molar-refractivity contribution < 1.29 is 4.42 Å². The molecule has 0 N–H and O–H groups in total. The highest BCUT2D eigenvalue weighted by Gasteiger charge is 2.39. The molecule has 140 heavy (non-hydrogen) atoms. The van der Waals surface area contributed by atoms with Crippen LogP contribution in [-0.4, -0.2) is 4.57 Å². The van der Waals surface area contributed by atoms with Crippen LogP contribution in [0.1, 0.15) is 77.8 Å². The van der Waals surface area contributed by atoms with Gasteiger partial charge in [0.05, 0.1) is 11.0 Å². The van der Waals surface area contributed by atoms with E-state index in [1.54, 1.807) is 0 Å². The molecule has 0 unspecified atom stereocenters. The third kappa shape index (κ3) is 16.8. The lowest BCUT2D eigenvalue weighted by Gasteiger charge is -2.25. The third-order valence-electron chi connectivity index (χ3n) is 28.8. The van der Waals surface area contributed by atoms with Crippen LogP contribution in [0.4, 0.5) is 0 Å². The molecule has 2 aliphatic rings. The summed E-state index contributed by atoms with van der Waals surface area (Å²) in [4.78, 5) is 0. The molecule has 3 aromatic heterocycles. The molecule has 0 atom stereocenters. The van der Waals surface area contributed by atoms with Gasteiger partial charge in [-0.1, -0.05) is 446 Å². The van der Waals surface area contributed by atoms with E-state index in [2.05, 4.69) is 540 Å². The summed E-state index contributed by atoms with van der Waals surface area (Å²) in [5.41, 5.74) is 48.7. The lowest BCUT2D eigenvalue weighted by Crippen LogP contribution is -2.16. The lowest BCUT2D eigenvalue weighted by atomic mass is 9.78. The Bertz CT molecular complexity index is 8540. The zero-order valence-electron chi connectivity index (χ0n) is 80.5. The van der Waals surface area contributed by atoms with Gasteiger partial charge in [-0.15, -0.1) is 11.3 Å². The number of hydrogen-bond donors (Lipinski definition) is 0. The molecule has 24 aromatic rings. The Labute approximate surface area is 825 Å². The minimum Gasteiger partial charge on any atom is -0.455 e. The van der Waals surface area contributed by atoms with E-state index >= 15 is 0 Å². The van der Waals surface area contributed by atoms with Crippen LogP contribution in [-0.2, 0) is 10.8 Å². The van der Waals surface area contributed by atoms with Crippen molar-refractivity contribution in [3.8, 4) is 139 Å². The molecule has 26 rings (SSSR count). The van der Waals surface area contributed by atoms with Crippen LogP contribution in [0.2, 0.25) is 0 Å². The van der Waals surface area contributed by atoms with Gasteiger partial charge in [0.15, 0.2) is 0 Å². The molecule has 0 amide bonds. The number of aromatic nitrogens is 1. The summed E-state index contributed by atoms with van der Waals surface area (Å²) in [7, 11) is 0. The highest BCUT2D eigenvalue weighted by molar-refractivity contribution is 7.26. The second-order valence-corrected chi connectivity index (χ2v) is 39.4. The molecule has 2 nitrogen and oxygen atoms in total. The maximum atomic E-state index is 6.21. The molecule has 2 aliphatic carbocycles. The van der Waals surface area contributed by atoms with Crippen LogP contribution in [0.15, 0.2) is 490 Å². The fourth-order valence-corrected chi connectivity index (χ4v) is 22.8. The highest BCUT2D eigenvalue weighted by atomic mass is 32.1. The van der Waals surface area contributed by atoms with Crippen molar-refractivity contribution >= 4 is 75.3 Å². The van der Waals surface area contributed by atoms with Crippen molar-refractivity contribution in [1.29, 1.82) is 0 Å². The second kappa shape index (κ2) is 37.8. The van der Waals surface area contributed by atoms with E-state index in [-0.39, 0.29) is 10.8 Å². The van der Waals surface area contributed by atoms with Gasteiger partial charge in [0.2, 0.25) is 0 Å². The van der Waals surface area contributed by atoms with E-state index in [4.69, 9.17) is 4.42 Å². The van der Waals surface area contributed by atoms with Crippen molar-refractivity contribution in [3.63, 3.8) is 0 Å². The van der Waals surface area contributed by atoms with E-state index in [0.717, 1.165) is 16.7 Å². The molecule has 3 heteroatoms. The summed E-state index contributed by atoms with van der Waals surface area (Å²) in [6.07, 6.45) is 0. The number of thiophene rings is 1. The number of furan rings is 1. The summed E-state index contributed by atoms with van der Waals surface area (Å²) < 4.78 is 11.3. The summed E-state index contributed by atoms with van der Waals surface area (Å²) in [6, 6.07) is 175. The lowest BCUT2D eigenvalue weighted by molar-refractivity contribution is 0.660. The van der Waals surface area contributed by atoms with Crippen molar-refractivity contribution in [2.45, 2.75) is 73.1 Å². The fraction of sp³-hybridized carbons (Fsp3) is 0.0803. The van der Waals surface area contributed by atoms with Gasteiger partial charge in [-0.05, 0) is 280 Å². The molecule has 21 aromatic carbocycles. The Morgan fingerprint density at radius 3 is 1.11 bits per heavy atom. The molecule has 0 spiro atoms. The number of aryl methyl sites for hydroxylation is 5. The summed E-state index contributed by atoms with van der Waals surface area (Å²) >= 11 is 1.89. The molecule has 0 fully saturated rings. The van der Waals surface area contributed by atoms with Crippen molar-refractivity contribution in [1.82, 2.24) is 4.57 Å². The van der Waals surface area contributed by atoms with Gasteiger partial charge < -0.3 is 8.98 Å². The van der Waals surface area contributed by atoms with E-state index < -0.39 is 0 Å². The Kier molecular flexibility index (Phi) is 24.0. The monoisotopic (exact) mass is 1810 g/mol. The Balaban J connectivity index is 0.000000101. The normalized spacial score (nSPS) is 12.3. The highest BCUT2D eigenvalue weighted by Crippen LogP contribution is 2.55. The largest absolute Gasteiger partial charge is 0.455 e. The number of hydrogen-bond acceptors (Lipinski definition) is 2. The first-order valence-electron chi connectivity index (χ1n) is 48.7. The number of nitrogens with zero attached hydrogens (tertiary/aromatic N) is 1. The summed E-state index contributed by atoms with van der Waals surface area (Å²) in [6.45, 7) is 20.3.